The Bertz CT molecular complexity index is 2830. The summed E-state index contributed by atoms with van der Waals surface area (Å²) in [4.78, 5) is 2.42. The molecule has 55 heavy (non-hydrogen) atoms. The Morgan fingerprint density at radius 1 is 0.236 bits per heavy atom. The van der Waals surface area contributed by atoms with Crippen LogP contribution in [0.15, 0.2) is 224 Å². The molecule has 0 aliphatic rings. The van der Waals surface area contributed by atoms with Gasteiger partial charge < -0.3 is 4.90 Å². The SMILES string of the molecule is c1ccc(-c2ccc(-c3ccc4ccccc4c3)cc2N(c2ccc(-c3cccc4ccccc34)cc2)c2ccc(-c3cccc4ccccc34)cc2)cc1. The average Bonchev–Trinajstić information content (AvgIpc) is 3.27. The second-order valence-electron chi connectivity index (χ2n) is 14.1. The zero-order valence-electron chi connectivity index (χ0n) is 30.3. The van der Waals surface area contributed by atoms with Gasteiger partial charge in [0.2, 0.25) is 0 Å². The van der Waals surface area contributed by atoms with E-state index in [1.165, 1.54) is 76.8 Å². The van der Waals surface area contributed by atoms with Crippen molar-refractivity contribution in [2.24, 2.45) is 0 Å². The quantitative estimate of drug-likeness (QED) is 0.160. The number of hydrogen-bond acceptors (Lipinski definition) is 1. The fraction of sp³-hybridized carbons (Fsp3) is 0. The Hall–Kier alpha value is -7.22. The lowest BCUT2D eigenvalue weighted by molar-refractivity contribution is 1.28. The molecule has 0 N–H and O–H groups in total. The van der Waals surface area contributed by atoms with Gasteiger partial charge in [-0.3, -0.25) is 0 Å². The van der Waals surface area contributed by atoms with Crippen LogP contribution in [0.5, 0.6) is 0 Å². The second kappa shape index (κ2) is 14.0. The largest absolute Gasteiger partial charge is 0.310 e. The molecule has 1 heteroatoms. The van der Waals surface area contributed by atoms with E-state index in [2.05, 4.69) is 229 Å². The predicted octanol–water partition coefficient (Wildman–Crippen LogP) is 15.3. The molecule has 0 saturated carbocycles. The third-order valence-electron chi connectivity index (χ3n) is 10.9. The van der Waals surface area contributed by atoms with E-state index in [9.17, 15) is 0 Å². The van der Waals surface area contributed by atoms with Crippen LogP contribution < -0.4 is 4.90 Å². The molecular weight excluding hydrogens is 663 g/mol. The van der Waals surface area contributed by atoms with Crippen LogP contribution >= 0.6 is 0 Å². The minimum absolute atomic E-state index is 1.09. The third kappa shape index (κ3) is 6.12. The van der Waals surface area contributed by atoms with Crippen molar-refractivity contribution >= 4 is 49.4 Å². The van der Waals surface area contributed by atoms with Crippen LogP contribution in [0.3, 0.4) is 0 Å². The van der Waals surface area contributed by atoms with E-state index in [4.69, 9.17) is 0 Å². The van der Waals surface area contributed by atoms with Crippen LogP contribution in [0.1, 0.15) is 0 Å². The standard InChI is InChI=1S/C54H37N/c1-2-13-41(14-3-1)53-35-30-46(45-25-24-38-12-4-5-17-44(38)36-45)37-54(53)55(47-31-26-42(27-32-47)51-22-10-18-39-15-6-8-20-49(39)51)48-33-28-43(29-34-48)52-23-11-19-40-16-7-9-21-50(40)52/h1-37H. The third-order valence-corrected chi connectivity index (χ3v) is 10.9. The van der Waals surface area contributed by atoms with Crippen molar-refractivity contribution in [3.05, 3.63) is 224 Å². The van der Waals surface area contributed by atoms with E-state index in [1.807, 2.05) is 0 Å². The maximum Gasteiger partial charge on any atom is 0.0546 e. The predicted molar refractivity (Wildman–Crippen MR) is 235 cm³/mol. The monoisotopic (exact) mass is 699 g/mol. The average molecular weight is 700 g/mol. The molecule has 0 atom stereocenters. The lowest BCUT2D eigenvalue weighted by Crippen LogP contribution is -2.11. The normalized spacial score (nSPS) is 11.3. The van der Waals surface area contributed by atoms with Crippen molar-refractivity contribution in [1.29, 1.82) is 0 Å². The highest BCUT2D eigenvalue weighted by atomic mass is 15.1. The Balaban J connectivity index is 1.16. The van der Waals surface area contributed by atoms with Crippen LogP contribution in [0, 0.1) is 0 Å². The molecule has 0 amide bonds. The van der Waals surface area contributed by atoms with Crippen LogP contribution in [0.25, 0.3) is 76.8 Å². The van der Waals surface area contributed by atoms with Crippen molar-refractivity contribution in [3.63, 3.8) is 0 Å². The van der Waals surface area contributed by atoms with E-state index >= 15 is 0 Å². The molecule has 0 fully saturated rings. The Morgan fingerprint density at radius 3 is 1.27 bits per heavy atom. The maximum absolute atomic E-state index is 2.42. The first kappa shape index (κ1) is 32.4. The summed E-state index contributed by atoms with van der Waals surface area (Å²) in [5, 5.41) is 7.48. The highest BCUT2D eigenvalue weighted by Crippen LogP contribution is 2.44. The summed E-state index contributed by atoms with van der Waals surface area (Å²) in [5.74, 6) is 0. The molecule has 0 unspecified atom stereocenters. The number of benzene rings is 10. The van der Waals surface area contributed by atoms with E-state index in [1.54, 1.807) is 0 Å². The van der Waals surface area contributed by atoms with Crippen molar-refractivity contribution in [2.45, 2.75) is 0 Å². The summed E-state index contributed by atoms with van der Waals surface area (Å²) in [6.45, 7) is 0. The van der Waals surface area contributed by atoms with Gasteiger partial charge >= 0.3 is 0 Å². The van der Waals surface area contributed by atoms with Gasteiger partial charge in [-0.05, 0) is 108 Å². The van der Waals surface area contributed by atoms with Crippen molar-refractivity contribution < 1.29 is 0 Å². The first-order valence-electron chi connectivity index (χ1n) is 18.9. The number of rotatable bonds is 7. The van der Waals surface area contributed by atoms with Gasteiger partial charge in [-0.15, -0.1) is 0 Å². The molecule has 10 aromatic rings. The molecule has 0 aliphatic heterocycles. The molecule has 0 bridgehead atoms. The summed E-state index contributed by atoms with van der Waals surface area (Å²) in [6, 6.07) is 81.6. The van der Waals surface area contributed by atoms with Gasteiger partial charge in [-0.1, -0.05) is 188 Å². The first-order valence-corrected chi connectivity index (χ1v) is 18.9. The number of nitrogens with zero attached hydrogens (tertiary/aromatic N) is 1. The van der Waals surface area contributed by atoms with E-state index in [0.29, 0.717) is 0 Å². The summed E-state index contributed by atoms with van der Waals surface area (Å²) >= 11 is 0. The van der Waals surface area contributed by atoms with Gasteiger partial charge in [0.1, 0.15) is 0 Å². The van der Waals surface area contributed by atoms with Gasteiger partial charge in [0.15, 0.2) is 0 Å². The van der Waals surface area contributed by atoms with Gasteiger partial charge in [0.25, 0.3) is 0 Å². The molecule has 0 heterocycles. The van der Waals surface area contributed by atoms with Gasteiger partial charge in [-0.25, -0.2) is 0 Å². The molecule has 10 aromatic carbocycles. The van der Waals surface area contributed by atoms with Crippen LogP contribution in [-0.2, 0) is 0 Å². The number of fused-ring (bicyclic) bond motifs is 3. The summed E-state index contributed by atoms with van der Waals surface area (Å²) < 4.78 is 0. The number of hydrogen-bond donors (Lipinski definition) is 0. The van der Waals surface area contributed by atoms with Gasteiger partial charge in [0.05, 0.1) is 5.69 Å². The van der Waals surface area contributed by atoms with Gasteiger partial charge in [0, 0.05) is 16.9 Å². The van der Waals surface area contributed by atoms with Crippen molar-refractivity contribution in [1.82, 2.24) is 0 Å². The van der Waals surface area contributed by atoms with Crippen molar-refractivity contribution in [2.75, 3.05) is 4.90 Å². The molecular formula is C54H37N. The molecule has 0 saturated heterocycles. The van der Waals surface area contributed by atoms with Crippen molar-refractivity contribution in [3.8, 4) is 44.5 Å². The van der Waals surface area contributed by atoms with E-state index in [0.717, 1.165) is 17.1 Å². The minimum atomic E-state index is 1.09. The van der Waals surface area contributed by atoms with E-state index in [-0.39, 0.29) is 0 Å². The first-order chi connectivity index (χ1) is 27.3. The highest BCUT2D eigenvalue weighted by Gasteiger charge is 2.20. The molecule has 0 radical (unpaired) electrons. The fourth-order valence-corrected chi connectivity index (χ4v) is 8.09. The van der Waals surface area contributed by atoms with Crippen LogP contribution in [0.4, 0.5) is 17.1 Å². The zero-order valence-corrected chi connectivity index (χ0v) is 30.3. The Kier molecular flexibility index (Phi) is 8.24. The lowest BCUT2D eigenvalue weighted by atomic mass is 9.95. The molecule has 0 spiro atoms. The van der Waals surface area contributed by atoms with Gasteiger partial charge in [-0.2, -0.15) is 0 Å². The molecule has 0 aromatic heterocycles. The fourth-order valence-electron chi connectivity index (χ4n) is 8.09. The maximum atomic E-state index is 2.42. The lowest BCUT2D eigenvalue weighted by Gasteiger charge is -2.29. The van der Waals surface area contributed by atoms with Crippen LogP contribution in [0.2, 0.25) is 0 Å². The minimum Gasteiger partial charge on any atom is -0.310 e. The molecule has 0 aliphatic carbocycles. The molecule has 10 rings (SSSR count). The topological polar surface area (TPSA) is 3.24 Å². The smallest absolute Gasteiger partial charge is 0.0546 e. The summed E-state index contributed by atoms with van der Waals surface area (Å²) in [5.41, 5.74) is 12.9. The molecule has 1 nitrogen and oxygen atoms in total. The van der Waals surface area contributed by atoms with Crippen LogP contribution in [-0.4, -0.2) is 0 Å². The highest BCUT2D eigenvalue weighted by molar-refractivity contribution is 5.99. The molecule has 258 valence electrons. The Morgan fingerprint density at radius 2 is 0.673 bits per heavy atom. The summed E-state index contributed by atoms with van der Waals surface area (Å²) in [6.07, 6.45) is 0. The Labute approximate surface area is 322 Å². The number of anilines is 3. The second-order valence-corrected chi connectivity index (χ2v) is 14.1. The zero-order chi connectivity index (χ0) is 36.6. The summed E-state index contributed by atoms with van der Waals surface area (Å²) in [7, 11) is 0. The van der Waals surface area contributed by atoms with E-state index < -0.39 is 0 Å².